The maximum absolute atomic E-state index is 10.8. The molecule has 0 aromatic heterocycles. The number of hydrogen-bond acceptors (Lipinski definition) is 6. The van der Waals surface area contributed by atoms with Gasteiger partial charge in [-0.3, -0.25) is 9.59 Å². The third-order valence-electron chi connectivity index (χ3n) is 2.03. The number of esters is 2. The molecule has 2 unspecified atom stereocenters. The van der Waals surface area contributed by atoms with Crippen LogP contribution in [0.1, 0.15) is 20.8 Å². The highest BCUT2D eigenvalue weighted by Gasteiger charge is 2.46. The van der Waals surface area contributed by atoms with Crippen molar-refractivity contribution in [1.29, 1.82) is 0 Å². The van der Waals surface area contributed by atoms with Crippen molar-refractivity contribution < 1.29 is 28.9 Å². The Kier molecular flexibility index (Phi) is 3.65. The van der Waals surface area contributed by atoms with Crippen LogP contribution in [0.3, 0.4) is 0 Å². The van der Waals surface area contributed by atoms with Gasteiger partial charge in [-0.15, -0.1) is 0 Å². The summed E-state index contributed by atoms with van der Waals surface area (Å²) >= 11 is 0. The molecule has 0 aliphatic carbocycles. The number of aliphatic hydroxyl groups is 1. The Morgan fingerprint density at radius 1 is 1.13 bits per heavy atom. The summed E-state index contributed by atoms with van der Waals surface area (Å²) < 4.78 is 14.7. The van der Waals surface area contributed by atoms with Gasteiger partial charge in [-0.25, -0.2) is 0 Å². The fourth-order valence-corrected chi connectivity index (χ4v) is 1.48. The molecule has 15 heavy (non-hydrogen) atoms. The van der Waals surface area contributed by atoms with Crippen LogP contribution >= 0.6 is 0 Å². The molecule has 1 rings (SSSR count). The Morgan fingerprint density at radius 2 is 1.60 bits per heavy atom. The Balaban J connectivity index is 2.70. The zero-order chi connectivity index (χ0) is 11.6. The maximum Gasteiger partial charge on any atom is 0.303 e. The van der Waals surface area contributed by atoms with Gasteiger partial charge in [-0.05, 0) is 6.92 Å². The number of rotatable bonds is 2. The third kappa shape index (κ3) is 2.90. The van der Waals surface area contributed by atoms with E-state index in [0.29, 0.717) is 0 Å². The lowest BCUT2D eigenvalue weighted by atomic mass is 10.1. The second-order valence-corrected chi connectivity index (χ2v) is 3.38. The predicted octanol–water partition coefficient (Wildman–Crippen LogP) is -0.413. The lowest BCUT2D eigenvalue weighted by Gasteiger charge is -2.20. The van der Waals surface area contributed by atoms with Gasteiger partial charge in [0.1, 0.15) is 0 Å². The first-order valence-electron chi connectivity index (χ1n) is 4.59. The summed E-state index contributed by atoms with van der Waals surface area (Å²) in [5.74, 6) is -1.07. The molecule has 0 bridgehead atoms. The molecule has 1 N–H and O–H groups in total. The Morgan fingerprint density at radius 3 is 2.07 bits per heavy atom. The van der Waals surface area contributed by atoms with Crippen molar-refractivity contribution in [2.24, 2.45) is 0 Å². The molecule has 0 amide bonds. The van der Waals surface area contributed by atoms with Crippen LogP contribution < -0.4 is 0 Å². The van der Waals surface area contributed by atoms with Crippen molar-refractivity contribution in [2.75, 3.05) is 0 Å². The van der Waals surface area contributed by atoms with Crippen molar-refractivity contribution in [3.63, 3.8) is 0 Å². The molecule has 1 saturated heterocycles. The topological polar surface area (TPSA) is 82.1 Å². The highest BCUT2D eigenvalue weighted by atomic mass is 16.7. The summed E-state index contributed by atoms with van der Waals surface area (Å²) in [5, 5.41) is 9.40. The van der Waals surface area contributed by atoms with Gasteiger partial charge in [-0.2, -0.15) is 0 Å². The Labute approximate surface area is 87.1 Å². The third-order valence-corrected chi connectivity index (χ3v) is 2.03. The van der Waals surface area contributed by atoms with Gasteiger partial charge in [0, 0.05) is 13.8 Å². The van der Waals surface area contributed by atoms with E-state index in [-0.39, 0.29) is 0 Å². The molecule has 86 valence electrons. The van der Waals surface area contributed by atoms with Crippen molar-refractivity contribution in [1.82, 2.24) is 0 Å². The van der Waals surface area contributed by atoms with Crippen LogP contribution in [0, 0.1) is 0 Å². The summed E-state index contributed by atoms with van der Waals surface area (Å²) in [5.41, 5.74) is 0. The lowest BCUT2D eigenvalue weighted by molar-refractivity contribution is -0.174. The van der Waals surface area contributed by atoms with E-state index in [1.54, 1.807) is 6.92 Å². The van der Waals surface area contributed by atoms with E-state index in [0.717, 1.165) is 0 Å². The van der Waals surface area contributed by atoms with E-state index in [1.807, 2.05) is 0 Å². The fourth-order valence-electron chi connectivity index (χ4n) is 1.48. The molecule has 0 saturated carbocycles. The smallest absolute Gasteiger partial charge is 0.303 e. The van der Waals surface area contributed by atoms with E-state index in [1.165, 1.54) is 13.8 Å². The average Bonchev–Trinajstić information content (AvgIpc) is 2.30. The first-order chi connectivity index (χ1) is 6.91. The molecule has 1 heterocycles. The Hall–Kier alpha value is -1.14. The Bertz CT molecular complexity index is 237. The number of ether oxygens (including phenoxy) is 3. The molecule has 1 aliphatic rings. The SMILES string of the molecule is CC(=O)OC1C(OC(C)=O)[C@@H](C)O[C@H]1O. The molecule has 0 aromatic carbocycles. The zero-order valence-corrected chi connectivity index (χ0v) is 8.80. The fraction of sp³-hybridized carbons (Fsp3) is 0.778. The van der Waals surface area contributed by atoms with Gasteiger partial charge in [-0.1, -0.05) is 0 Å². The standard InChI is InChI=1S/C9H14O6/c1-4-7(14-5(2)10)8(9(12)13-4)15-6(3)11/h4,7-9,12H,1-3H3/t4-,7?,8?,9-/m1/s1. The van der Waals surface area contributed by atoms with Crippen LogP contribution in [0.15, 0.2) is 0 Å². The van der Waals surface area contributed by atoms with Crippen molar-refractivity contribution in [3.8, 4) is 0 Å². The minimum absolute atomic E-state index is 0.506. The maximum atomic E-state index is 10.8. The van der Waals surface area contributed by atoms with Gasteiger partial charge in [0.25, 0.3) is 0 Å². The molecule has 4 atom stereocenters. The monoisotopic (exact) mass is 218 g/mol. The highest BCUT2D eigenvalue weighted by molar-refractivity contribution is 5.67. The second kappa shape index (κ2) is 4.59. The predicted molar refractivity (Wildman–Crippen MR) is 47.7 cm³/mol. The van der Waals surface area contributed by atoms with Crippen LogP contribution in [0.5, 0.6) is 0 Å². The summed E-state index contributed by atoms with van der Waals surface area (Å²) in [6.45, 7) is 4.07. The molecule has 6 nitrogen and oxygen atoms in total. The van der Waals surface area contributed by atoms with Crippen LogP contribution in [0.2, 0.25) is 0 Å². The van der Waals surface area contributed by atoms with Gasteiger partial charge in [0.15, 0.2) is 18.5 Å². The van der Waals surface area contributed by atoms with E-state index < -0.39 is 36.5 Å². The van der Waals surface area contributed by atoms with Gasteiger partial charge < -0.3 is 19.3 Å². The van der Waals surface area contributed by atoms with E-state index >= 15 is 0 Å². The van der Waals surface area contributed by atoms with E-state index in [2.05, 4.69) is 0 Å². The van der Waals surface area contributed by atoms with Crippen LogP contribution in [-0.2, 0) is 23.8 Å². The molecule has 6 heteroatoms. The number of carbonyl (C=O) groups excluding carboxylic acids is 2. The van der Waals surface area contributed by atoms with Gasteiger partial charge in [0.2, 0.25) is 0 Å². The summed E-state index contributed by atoms with van der Waals surface area (Å²) in [6, 6.07) is 0. The first-order valence-corrected chi connectivity index (χ1v) is 4.59. The van der Waals surface area contributed by atoms with Crippen molar-refractivity contribution >= 4 is 11.9 Å². The van der Waals surface area contributed by atoms with Gasteiger partial charge in [0.05, 0.1) is 6.10 Å². The summed E-state index contributed by atoms with van der Waals surface area (Å²) in [6.07, 6.45) is -3.48. The van der Waals surface area contributed by atoms with Crippen LogP contribution in [0.25, 0.3) is 0 Å². The molecule has 0 radical (unpaired) electrons. The normalized spacial score (nSPS) is 34.9. The molecule has 1 fully saturated rings. The minimum atomic E-state index is -1.26. The van der Waals surface area contributed by atoms with Crippen molar-refractivity contribution in [3.05, 3.63) is 0 Å². The quantitative estimate of drug-likeness (QED) is 0.634. The number of aliphatic hydroxyl groups excluding tert-OH is 1. The van der Waals surface area contributed by atoms with E-state index in [4.69, 9.17) is 14.2 Å². The molecule has 0 spiro atoms. The lowest BCUT2D eigenvalue weighted by Crippen LogP contribution is -2.39. The first kappa shape index (κ1) is 11.9. The largest absolute Gasteiger partial charge is 0.456 e. The van der Waals surface area contributed by atoms with Crippen molar-refractivity contribution in [2.45, 2.75) is 45.4 Å². The molecule has 0 aromatic rings. The van der Waals surface area contributed by atoms with Crippen LogP contribution in [0.4, 0.5) is 0 Å². The molecular formula is C9H14O6. The average molecular weight is 218 g/mol. The summed E-state index contributed by atoms with van der Waals surface area (Å²) in [4.78, 5) is 21.5. The summed E-state index contributed by atoms with van der Waals surface area (Å²) in [7, 11) is 0. The van der Waals surface area contributed by atoms with E-state index in [9.17, 15) is 14.7 Å². The zero-order valence-electron chi connectivity index (χ0n) is 8.80. The van der Waals surface area contributed by atoms with Crippen LogP contribution in [-0.4, -0.2) is 41.6 Å². The molecule has 1 aliphatic heterocycles. The van der Waals surface area contributed by atoms with Gasteiger partial charge >= 0.3 is 11.9 Å². The number of hydrogen-bond donors (Lipinski definition) is 1. The highest BCUT2D eigenvalue weighted by Crippen LogP contribution is 2.25. The second-order valence-electron chi connectivity index (χ2n) is 3.38. The molecular weight excluding hydrogens is 204 g/mol. The number of carbonyl (C=O) groups is 2. The minimum Gasteiger partial charge on any atom is -0.456 e.